The van der Waals surface area contributed by atoms with E-state index in [1.165, 1.54) is 19.3 Å². The van der Waals surface area contributed by atoms with Gasteiger partial charge in [0.15, 0.2) is 0 Å². The van der Waals surface area contributed by atoms with Gasteiger partial charge in [-0.1, -0.05) is 27.7 Å². The highest BCUT2D eigenvalue weighted by atomic mass is 16.5. The van der Waals surface area contributed by atoms with Crippen LogP contribution in [-0.4, -0.2) is 36.5 Å². The van der Waals surface area contributed by atoms with E-state index in [1.54, 1.807) is 0 Å². The zero-order chi connectivity index (χ0) is 12.8. The van der Waals surface area contributed by atoms with E-state index in [0.717, 1.165) is 11.8 Å². The molecule has 17 heavy (non-hydrogen) atoms. The lowest BCUT2D eigenvalue weighted by Gasteiger charge is -2.32. The van der Waals surface area contributed by atoms with E-state index in [9.17, 15) is 5.11 Å². The van der Waals surface area contributed by atoms with Crippen LogP contribution >= 0.6 is 0 Å². The largest absolute Gasteiger partial charge is 0.395 e. The summed E-state index contributed by atoms with van der Waals surface area (Å²) >= 11 is 0. The Kier molecular flexibility index (Phi) is 6.45. The van der Waals surface area contributed by atoms with E-state index in [4.69, 9.17) is 4.74 Å². The average molecular weight is 243 g/mol. The molecule has 1 saturated carbocycles. The van der Waals surface area contributed by atoms with E-state index in [2.05, 4.69) is 33.0 Å². The first-order valence-corrected chi connectivity index (χ1v) is 6.99. The number of nitrogens with one attached hydrogen (secondary N) is 1. The first-order valence-electron chi connectivity index (χ1n) is 6.99. The molecule has 0 saturated heterocycles. The maximum absolute atomic E-state index is 9.27. The summed E-state index contributed by atoms with van der Waals surface area (Å²) < 4.78 is 5.96. The molecule has 102 valence electrons. The fraction of sp³-hybridized carbons (Fsp3) is 1.00. The van der Waals surface area contributed by atoms with Crippen molar-refractivity contribution < 1.29 is 9.84 Å². The fourth-order valence-electron chi connectivity index (χ4n) is 2.89. The smallest absolute Gasteiger partial charge is 0.0645 e. The molecule has 2 N–H and O–H groups in total. The summed E-state index contributed by atoms with van der Waals surface area (Å²) in [5.74, 6) is 1.55. The molecule has 0 radical (unpaired) electrons. The molecule has 1 aliphatic rings. The molecule has 0 heterocycles. The third-order valence-electron chi connectivity index (χ3n) is 3.46. The molecule has 0 aromatic heterocycles. The molecule has 0 aliphatic heterocycles. The molecule has 1 fully saturated rings. The lowest BCUT2D eigenvalue weighted by Crippen LogP contribution is -2.42. The number of aliphatic hydroxyl groups excluding tert-OH is 1. The van der Waals surface area contributed by atoms with Crippen LogP contribution in [0.3, 0.4) is 0 Å². The van der Waals surface area contributed by atoms with Crippen molar-refractivity contribution in [3.8, 4) is 0 Å². The van der Waals surface area contributed by atoms with Crippen molar-refractivity contribution in [2.75, 3.05) is 13.2 Å². The van der Waals surface area contributed by atoms with Gasteiger partial charge in [0.2, 0.25) is 0 Å². The second kappa shape index (κ2) is 7.34. The minimum absolute atomic E-state index is 0.0718. The van der Waals surface area contributed by atoms with Crippen molar-refractivity contribution in [3.05, 3.63) is 0 Å². The summed E-state index contributed by atoms with van der Waals surface area (Å²) in [6.07, 6.45) is 4.05. The summed E-state index contributed by atoms with van der Waals surface area (Å²) in [7, 11) is 0. The second-order valence-electron chi connectivity index (χ2n) is 6.07. The van der Waals surface area contributed by atoms with Crippen LogP contribution in [0.5, 0.6) is 0 Å². The lowest BCUT2D eigenvalue weighted by molar-refractivity contribution is -0.0162. The van der Waals surface area contributed by atoms with Gasteiger partial charge in [0.25, 0.3) is 0 Å². The zero-order valence-electron chi connectivity index (χ0n) is 11.8. The van der Waals surface area contributed by atoms with Crippen molar-refractivity contribution >= 4 is 0 Å². The number of hydrogen-bond donors (Lipinski definition) is 2. The summed E-state index contributed by atoms with van der Waals surface area (Å²) in [6.45, 7) is 9.57. The third kappa shape index (κ3) is 5.84. The lowest BCUT2D eigenvalue weighted by atomic mass is 9.82. The molecule has 0 aromatic carbocycles. The van der Waals surface area contributed by atoms with Gasteiger partial charge in [-0.05, 0) is 31.1 Å². The zero-order valence-corrected chi connectivity index (χ0v) is 11.8. The first-order chi connectivity index (χ1) is 8.01. The number of ether oxygens (including phenoxy) is 1. The van der Waals surface area contributed by atoms with Gasteiger partial charge in [0, 0.05) is 6.04 Å². The molecule has 3 atom stereocenters. The van der Waals surface area contributed by atoms with Gasteiger partial charge in [-0.15, -0.1) is 0 Å². The summed E-state index contributed by atoms with van der Waals surface area (Å²) in [5, 5.41) is 12.6. The van der Waals surface area contributed by atoms with E-state index < -0.39 is 0 Å². The van der Waals surface area contributed by atoms with E-state index in [1.807, 2.05) is 0 Å². The maximum Gasteiger partial charge on any atom is 0.0645 e. The van der Waals surface area contributed by atoms with Crippen LogP contribution in [0.25, 0.3) is 0 Å². The van der Waals surface area contributed by atoms with Gasteiger partial charge in [-0.2, -0.15) is 0 Å². The van der Waals surface area contributed by atoms with Crippen molar-refractivity contribution in [2.45, 2.75) is 65.1 Å². The Bertz CT molecular complexity index is 198. The Morgan fingerprint density at radius 2 is 1.76 bits per heavy atom. The molecule has 3 nitrogen and oxygen atoms in total. The van der Waals surface area contributed by atoms with E-state index in [-0.39, 0.29) is 12.6 Å². The SMILES string of the molecule is CC1CC(C)CC(OCC(CO)NC(C)C)C1. The van der Waals surface area contributed by atoms with Crippen LogP contribution in [-0.2, 0) is 4.74 Å². The topological polar surface area (TPSA) is 41.5 Å². The minimum Gasteiger partial charge on any atom is -0.395 e. The fourth-order valence-corrected chi connectivity index (χ4v) is 2.89. The van der Waals surface area contributed by atoms with Crippen molar-refractivity contribution in [2.24, 2.45) is 11.8 Å². The normalized spacial score (nSPS) is 31.8. The summed E-state index contributed by atoms with van der Waals surface area (Å²) in [5.41, 5.74) is 0. The minimum atomic E-state index is 0.0718. The van der Waals surface area contributed by atoms with Crippen LogP contribution in [0.4, 0.5) is 0 Å². The number of rotatable bonds is 6. The Labute approximate surface area is 106 Å². The quantitative estimate of drug-likeness (QED) is 0.751. The van der Waals surface area contributed by atoms with Gasteiger partial charge in [-0.25, -0.2) is 0 Å². The maximum atomic E-state index is 9.27. The highest BCUT2D eigenvalue weighted by Gasteiger charge is 2.25. The Morgan fingerprint density at radius 3 is 2.24 bits per heavy atom. The molecule has 1 rings (SSSR count). The third-order valence-corrected chi connectivity index (χ3v) is 3.46. The van der Waals surface area contributed by atoms with Crippen LogP contribution in [0.1, 0.15) is 47.0 Å². The average Bonchev–Trinajstić information content (AvgIpc) is 2.22. The Balaban J connectivity index is 2.28. The van der Waals surface area contributed by atoms with Crippen LogP contribution < -0.4 is 5.32 Å². The summed E-state index contributed by atoms with van der Waals surface area (Å²) in [4.78, 5) is 0. The monoisotopic (exact) mass is 243 g/mol. The highest BCUT2D eigenvalue weighted by molar-refractivity contribution is 4.76. The molecule has 0 aromatic rings. The van der Waals surface area contributed by atoms with Crippen molar-refractivity contribution in [1.82, 2.24) is 5.32 Å². The highest BCUT2D eigenvalue weighted by Crippen LogP contribution is 2.30. The van der Waals surface area contributed by atoms with Crippen molar-refractivity contribution in [3.63, 3.8) is 0 Å². The molecule has 0 bridgehead atoms. The number of hydrogen-bond acceptors (Lipinski definition) is 3. The standard InChI is InChI=1S/C14H29NO2/c1-10(2)15-13(8-16)9-17-14-6-11(3)5-12(4)7-14/h10-16H,5-9H2,1-4H3. The number of aliphatic hydroxyl groups is 1. The Hall–Kier alpha value is -0.120. The van der Waals surface area contributed by atoms with Crippen LogP contribution in [0.15, 0.2) is 0 Å². The van der Waals surface area contributed by atoms with Gasteiger partial charge in [-0.3, -0.25) is 0 Å². The molecule has 0 spiro atoms. The van der Waals surface area contributed by atoms with Crippen LogP contribution in [0.2, 0.25) is 0 Å². The molecule has 3 unspecified atom stereocenters. The van der Waals surface area contributed by atoms with Gasteiger partial charge >= 0.3 is 0 Å². The van der Waals surface area contributed by atoms with E-state index >= 15 is 0 Å². The molecular formula is C14H29NO2. The van der Waals surface area contributed by atoms with E-state index in [0.29, 0.717) is 18.8 Å². The molecular weight excluding hydrogens is 214 g/mol. The molecule has 0 amide bonds. The van der Waals surface area contributed by atoms with Gasteiger partial charge in [0.1, 0.15) is 0 Å². The second-order valence-corrected chi connectivity index (χ2v) is 6.07. The molecule has 3 heteroatoms. The Morgan fingerprint density at radius 1 is 1.18 bits per heavy atom. The predicted octanol–water partition coefficient (Wildman–Crippen LogP) is 2.19. The predicted molar refractivity (Wildman–Crippen MR) is 71.1 cm³/mol. The van der Waals surface area contributed by atoms with Crippen LogP contribution in [0, 0.1) is 11.8 Å². The van der Waals surface area contributed by atoms with Crippen molar-refractivity contribution in [1.29, 1.82) is 0 Å². The van der Waals surface area contributed by atoms with Gasteiger partial charge < -0.3 is 15.2 Å². The van der Waals surface area contributed by atoms with Gasteiger partial charge in [0.05, 0.1) is 25.4 Å². The molecule has 1 aliphatic carbocycles. The first kappa shape index (κ1) is 14.9. The summed E-state index contributed by atoms with van der Waals surface area (Å²) in [6, 6.07) is 0.461.